The van der Waals surface area contributed by atoms with Crippen molar-refractivity contribution in [1.82, 2.24) is 9.55 Å². The Kier molecular flexibility index (Phi) is 6.46. The first-order chi connectivity index (χ1) is 17.7. The number of rotatable bonds is 1. The minimum Gasteiger partial charge on any atom is -0.458 e. The number of cyclic esters (lactones) is 1. The van der Waals surface area contributed by atoms with E-state index in [-0.39, 0.29) is 48.1 Å². The van der Waals surface area contributed by atoms with Crippen LogP contribution in [0.4, 0.5) is 4.39 Å². The Morgan fingerprint density at radius 3 is 2.61 bits per heavy atom. The molecule has 13 heteroatoms. The lowest BCUT2D eigenvalue weighted by molar-refractivity contribution is -0.172. The number of esters is 1. The van der Waals surface area contributed by atoms with E-state index in [9.17, 15) is 23.1 Å². The van der Waals surface area contributed by atoms with Gasteiger partial charge in [0.1, 0.15) is 12.4 Å². The molecule has 0 saturated heterocycles. The smallest absolute Gasteiger partial charge is 0.343 e. The molecule has 4 heterocycles. The van der Waals surface area contributed by atoms with Crippen LogP contribution in [0.3, 0.4) is 0 Å². The van der Waals surface area contributed by atoms with E-state index in [1.807, 2.05) is 22.6 Å². The number of carbonyl (C=O) groups excluding carboxylic acids is 1. The first kappa shape index (κ1) is 27.1. The molecule has 6 rings (SSSR count). The van der Waals surface area contributed by atoms with Gasteiger partial charge in [-0.3, -0.25) is 9.35 Å². The summed E-state index contributed by atoms with van der Waals surface area (Å²) >= 11 is 1.98. The zero-order chi connectivity index (χ0) is 27.9. The van der Waals surface area contributed by atoms with Gasteiger partial charge in [-0.1, -0.05) is 6.92 Å². The van der Waals surface area contributed by atoms with Crippen LogP contribution in [0.25, 0.3) is 22.3 Å². The van der Waals surface area contributed by atoms with Crippen LogP contribution >= 0.6 is 22.6 Å². The number of pyridine rings is 2. The fourth-order valence-corrected chi connectivity index (χ4v) is 6.44. The number of fused-ring (bicyclic) bond motifs is 5. The predicted octanol–water partition coefficient (Wildman–Crippen LogP) is 2.58. The predicted molar refractivity (Wildman–Crippen MR) is 145 cm³/mol. The van der Waals surface area contributed by atoms with Crippen molar-refractivity contribution in [3.05, 3.63) is 59.2 Å². The third-order valence-corrected chi connectivity index (χ3v) is 8.49. The van der Waals surface area contributed by atoms with Gasteiger partial charge in [-0.15, -0.1) is 0 Å². The van der Waals surface area contributed by atoms with Gasteiger partial charge >= 0.3 is 5.97 Å². The van der Waals surface area contributed by atoms with Crippen LogP contribution in [0.5, 0.6) is 0 Å². The molecule has 202 valence electrons. The summed E-state index contributed by atoms with van der Waals surface area (Å²) in [4.78, 5) is 30.7. The van der Waals surface area contributed by atoms with Crippen LogP contribution in [0.1, 0.15) is 59.2 Å². The van der Waals surface area contributed by atoms with Gasteiger partial charge in [0.15, 0.2) is 5.60 Å². The number of ether oxygens (including phenoxy) is 1. The van der Waals surface area contributed by atoms with Crippen LogP contribution in [0, 0.1) is 16.3 Å². The third kappa shape index (κ3) is 3.97. The van der Waals surface area contributed by atoms with E-state index in [0.29, 0.717) is 45.1 Å². The lowest BCUT2D eigenvalue weighted by Crippen LogP contribution is -2.44. The number of hydrogen-bond acceptors (Lipinski definition) is 8. The first-order valence-corrected chi connectivity index (χ1v) is 14.8. The molecule has 3 aliphatic rings. The first-order valence-electron chi connectivity index (χ1n) is 11.9. The summed E-state index contributed by atoms with van der Waals surface area (Å²) in [5.41, 5.74) is 9.81. The van der Waals surface area contributed by atoms with Gasteiger partial charge in [-0.05, 0) is 71.5 Å². The van der Waals surface area contributed by atoms with E-state index in [1.54, 1.807) is 24.5 Å². The average molecular weight is 657 g/mol. The number of nitrogens with two attached hydrogens (primary N) is 1. The molecule has 0 radical (unpaired) electrons. The van der Waals surface area contributed by atoms with E-state index < -0.39 is 21.7 Å². The number of aromatic nitrogens is 2. The zero-order valence-electron chi connectivity index (χ0n) is 20.8. The molecule has 0 bridgehead atoms. The number of hydrogen-bond donors (Lipinski definition) is 3. The fourth-order valence-electron chi connectivity index (χ4n) is 5.64. The second kappa shape index (κ2) is 9.05. The van der Waals surface area contributed by atoms with E-state index in [2.05, 4.69) is 0 Å². The van der Waals surface area contributed by atoms with Gasteiger partial charge < -0.3 is 20.1 Å². The maximum atomic E-state index is 15.1. The normalized spacial score (nSPS) is 21.3. The van der Waals surface area contributed by atoms with E-state index in [4.69, 9.17) is 20.0 Å². The highest BCUT2D eigenvalue weighted by Gasteiger charge is 2.45. The average Bonchev–Trinajstić information content (AvgIpc) is 3.22. The molecule has 0 saturated carbocycles. The molecule has 2 atom stereocenters. The van der Waals surface area contributed by atoms with Crippen molar-refractivity contribution in [2.24, 2.45) is 5.73 Å². The molecule has 4 N–H and O–H groups in total. The lowest BCUT2D eigenvalue weighted by Gasteiger charge is -2.31. The second-order valence-corrected chi connectivity index (χ2v) is 12.3. The Labute approximate surface area is 230 Å². The minimum atomic E-state index is -3.67. The molecule has 3 aromatic rings. The molecule has 0 spiro atoms. The number of nitrogens with zero attached hydrogens (tertiary/aromatic N) is 2. The molecule has 0 amide bonds. The summed E-state index contributed by atoms with van der Waals surface area (Å²) in [6.45, 7) is 3.56. The van der Waals surface area contributed by atoms with Gasteiger partial charge in [0.05, 0.1) is 38.8 Å². The van der Waals surface area contributed by atoms with E-state index in [0.717, 1.165) is 22.1 Å². The largest absolute Gasteiger partial charge is 0.458 e. The highest BCUT2D eigenvalue weighted by Crippen LogP contribution is 2.46. The summed E-state index contributed by atoms with van der Waals surface area (Å²) < 4.78 is 48.1. The quantitative estimate of drug-likeness (QED) is 0.159. The maximum Gasteiger partial charge on any atom is 0.343 e. The van der Waals surface area contributed by atoms with Crippen molar-refractivity contribution < 1.29 is 32.0 Å². The molecular formula is C25H25FIN3O7S. The van der Waals surface area contributed by atoms with Gasteiger partial charge in [-0.2, -0.15) is 8.42 Å². The van der Waals surface area contributed by atoms with Crippen molar-refractivity contribution in [2.45, 2.75) is 57.9 Å². The Morgan fingerprint density at radius 2 is 1.97 bits per heavy atom. The third-order valence-electron chi connectivity index (χ3n) is 7.50. The monoisotopic (exact) mass is 657 g/mol. The standard InChI is InChI=1S/C24H21FIN3O4.CH4O3S/c1-3-24(32)13-6-15-20-11(7-29(15)22(30)12(13)8-33-23(24)31)16-14(27)5-4-10-9(2)18(25)19(26)21(28-20)17(10)16;1-5(2,3)4/h6,14,32H,3-5,7-8,27H2,1-2H3;1H3,(H,2,3,4)/t14-,24-;/m0./s1. The van der Waals surface area contributed by atoms with Crippen LogP contribution < -0.4 is 11.3 Å². The molecule has 10 nitrogen and oxygen atoms in total. The number of benzene rings is 1. The van der Waals surface area contributed by atoms with Gasteiger partial charge in [0.2, 0.25) is 0 Å². The van der Waals surface area contributed by atoms with E-state index in [1.165, 1.54) is 0 Å². The fraction of sp³-hybridized carbons (Fsp3) is 0.400. The minimum absolute atomic E-state index is 0.0710. The molecule has 38 heavy (non-hydrogen) atoms. The summed E-state index contributed by atoms with van der Waals surface area (Å²) in [6, 6.07) is 1.42. The molecule has 1 aromatic carbocycles. The number of aryl methyl sites for hydroxylation is 1. The Hall–Kier alpha value is -2.46. The van der Waals surface area contributed by atoms with Crippen LogP contribution in [-0.4, -0.2) is 39.9 Å². The molecule has 2 aliphatic heterocycles. The summed E-state index contributed by atoms with van der Waals surface area (Å²) in [5.74, 6) is -1.05. The molecule has 2 aromatic heterocycles. The van der Waals surface area contributed by atoms with Gasteiger partial charge in [0, 0.05) is 22.6 Å². The van der Waals surface area contributed by atoms with Crippen molar-refractivity contribution in [2.75, 3.05) is 6.26 Å². The molecule has 1 aliphatic carbocycles. The van der Waals surface area contributed by atoms with Crippen molar-refractivity contribution >= 4 is 49.6 Å². The Bertz CT molecular complexity index is 1730. The maximum absolute atomic E-state index is 15.1. The van der Waals surface area contributed by atoms with Crippen LogP contribution in [0.15, 0.2) is 10.9 Å². The van der Waals surface area contributed by atoms with E-state index >= 15 is 4.39 Å². The lowest BCUT2D eigenvalue weighted by atomic mass is 9.82. The van der Waals surface area contributed by atoms with Gasteiger partial charge in [-0.25, -0.2) is 14.2 Å². The van der Waals surface area contributed by atoms with Crippen molar-refractivity contribution in [1.29, 1.82) is 0 Å². The van der Waals surface area contributed by atoms with Crippen molar-refractivity contribution in [3.8, 4) is 11.4 Å². The van der Waals surface area contributed by atoms with Crippen molar-refractivity contribution in [3.63, 3.8) is 0 Å². The van der Waals surface area contributed by atoms with Gasteiger partial charge in [0.25, 0.3) is 15.7 Å². The highest BCUT2D eigenvalue weighted by atomic mass is 127. The summed E-state index contributed by atoms with van der Waals surface area (Å²) in [7, 11) is -3.67. The zero-order valence-corrected chi connectivity index (χ0v) is 23.7. The summed E-state index contributed by atoms with van der Waals surface area (Å²) in [5, 5.41) is 12.0. The number of aliphatic hydroxyl groups is 1. The van der Waals surface area contributed by atoms with Crippen LogP contribution in [-0.2, 0) is 44.8 Å². The number of carbonyl (C=O) groups is 1. The topological polar surface area (TPSA) is 162 Å². The second-order valence-electron chi connectivity index (χ2n) is 9.79. The highest BCUT2D eigenvalue weighted by molar-refractivity contribution is 14.1. The number of halogens is 2. The van der Waals surface area contributed by atoms with Crippen LogP contribution in [0.2, 0.25) is 0 Å². The molecule has 0 unspecified atom stereocenters. The Balaban J connectivity index is 0.000000540. The Morgan fingerprint density at radius 1 is 1.32 bits per heavy atom. The molecular weight excluding hydrogens is 632 g/mol. The SMILES string of the molecule is CC[C@@]1(O)C(=O)OCc2c1cc1n(c2=O)Cc2c-1nc1c(I)c(F)c(C)c3c1c2[C@@H](N)CC3.CS(=O)(=O)O. The summed E-state index contributed by atoms with van der Waals surface area (Å²) in [6.07, 6.45) is 2.14. The molecule has 0 fully saturated rings.